The van der Waals surface area contributed by atoms with E-state index in [4.69, 9.17) is 4.74 Å². The van der Waals surface area contributed by atoms with Crippen LogP contribution in [-0.4, -0.2) is 24.2 Å². The van der Waals surface area contributed by atoms with Crippen molar-refractivity contribution in [1.82, 2.24) is 5.32 Å². The summed E-state index contributed by atoms with van der Waals surface area (Å²) in [5.74, 6) is 0.512. The van der Waals surface area contributed by atoms with Gasteiger partial charge in [0.2, 0.25) is 0 Å². The summed E-state index contributed by atoms with van der Waals surface area (Å²) < 4.78 is 5.32. The van der Waals surface area contributed by atoms with Crippen molar-refractivity contribution >= 4 is 18.4 Å². The molecule has 0 bridgehead atoms. The average molecular weight is 326 g/mol. The second kappa shape index (κ2) is 8.54. The maximum absolute atomic E-state index is 11.7. The van der Waals surface area contributed by atoms with Crippen LogP contribution in [0.5, 0.6) is 0 Å². The zero-order valence-electron chi connectivity index (χ0n) is 13.8. The van der Waals surface area contributed by atoms with Crippen molar-refractivity contribution in [3.05, 3.63) is 35.9 Å². The highest BCUT2D eigenvalue weighted by Crippen LogP contribution is 2.32. The first-order valence-electron chi connectivity index (χ1n) is 7.94. The Hall–Kier alpha value is -1.06. The van der Waals surface area contributed by atoms with E-state index in [9.17, 15) is 4.79 Å². The molecule has 124 valence electrons. The fraction of sp³-hybridized carbons (Fsp3) is 0.611. The molecule has 0 aliphatic heterocycles. The first-order chi connectivity index (χ1) is 9.94. The number of nitrogens with one attached hydrogen (secondary N) is 1. The fourth-order valence-electron chi connectivity index (χ4n) is 2.96. The highest BCUT2D eigenvalue weighted by atomic mass is 35.5. The Morgan fingerprint density at radius 2 is 1.73 bits per heavy atom. The Morgan fingerprint density at radius 3 is 2.27 bits per heavy atom. The predicted octanol–water partition coefficient (Wildman–Crippen LogP) is 4.07. The number of rotatable bonds is 4. The highest BCUT2D eigenvalue weighted by molar-refractivity contribution is 5.85. The van der Waals surface area contributed by atoms with Crippen molar-refractivity contribution in [2.75, 3.05) is 6.54 Å². The summed E-state index contributed by atoms with van der Waals surface area (Å²) in [4.78, 5) is 11.7. The number of halogens is 1. The number of ether oxygens (including phenoxy) is 1. The van der Waals surface area contributed by atoms with E-state index in [-0.39, 0.29) is 18.4 Å². The summed E-state index contributed by atoms with van der Waals surface area (Å²) >= 11 is 0. The third kappa shape index (κ3) is 6.37. The second-order valence-corrected chi connectivity index (χ2v) is 6.93. The minimum absolute atomic E-state index is 0. The molecule has 1 N–H and O–H groups in total. The third-order valence-electron chi connectivity index (χ3n) is 3.95. The lowest BCUT2D eigenvalue weighted by atomic mass is 9.82. The average Bonchev–Trinajstić information content (AvgIpc) is 2.45. The van der Waals surface area contributed by atoms with Gasteiger partial charge in [-0.1, -0.05) is 30.3 Å². The van der Waals surface area contributed by atoms with Gasteiger partial charge in [0.25, 0.3) is 0 Å². The number of esters is 1. The monoisotopic (exact) mass is 325 g/mol. The minimum Gasteiger partial charge on any atom is -0.459 e. The van der Waals surface area contributed by atoms with E-state index in [0.717, 1.165) is 12.8 Å². The number of hydrogen-bond donors (Lipinski definition) is 1. The lowest BCUT2D eigenvalue weighted by Crippen LogP contribution is -2.38. The molecule has 1 saturated carbocycles. The molecule has 0 aromatic heterocycles. The maximum Gasteiger partial charge on any atom is 0.320 e. The van der Waals surface area contributed by atoms with E-state index in [1.165, 1.54) is 18.4 Å². The van der Waals surface area contributed by atoms with Crippen molar-refractivity contribution in [3.8, 4) is 0 Å². The Kier molecular flexibility index (Phi) is 7.37. The molecule has 0 atom stereocenters. The molecule has 4 heteroatoms. The number of benzene rings is 1. The van der Waals surface area contributed by atoms with E-state index in [0.29, 0.717) is 18.5 Å². The van der Waals surface area contributed by atoms with Gasteiger partial charge in [-0.05, 0) is 57.9 Å². The van der Waals surface area contributed by atoms with Crippen LogP contribution in [-0.2, 0) is 9.53 Å². The van der Waals surface area contributed by atoms with E-state index < -0.39 is 5.60 Å². The summed E-state index contributed by atoms with van der Waals surface area (Å²) in [5.41, 5.74) is 1.05. The Morgan fingerprint density at radius 1 is 1.14 bits per heavy atom. The molecular formula is C18H28ClNO2. The standard InChI is InChI=1S/C18H27NO2.ClH/c1-18(2,3)21-17(20)13-19-16-11-9-15(10-12-16)14-7-5-4-6-8-14;/h4-8,15-16,19H,9-13H2,1-3H3;1H/t15-,16-;. The lowest BCUT2D eigenvalue weighted by molar-refractivity contribution is -0.153. The smallest absolute Gasteiger partial charge is 0.320 e. The van der Waals surface area contributed by atoms with Crippen LogP contribution in [0.3, 0.4) is 0 Å². The molecule has 0 radical (unpaired) electrons. The first-order valence-corrected chi connectivity index (χ1v) is 7.94. The van der Waals surface area contributed by atoms with Crippen molar-refractivity contribution in [2.45, 2.75) is 64.0 Å². The summed E-state index contributed by atoms with van der Waals surface area (Å²) in [5, 5.41) is 3.34. The van der Waals surface area contributed by atoms with Crippen LogP contribution in [0, 0.1) is 0 Å². The van der Waals surface area contributed by atoms with Gasteiger partial charge in [0.15, 0.2) is 0 Å². The molecule has 1 aromatic rings. The Labute approximate surface area is 140 Å². The molecule has 0 unspecified atom stereocenters. The van der Waals surface area contributed by atoms with Crippen LogP contribution < -0.4 is 5.32 Å². The third-order valence-corrected chi connectivity index (χ3v) is 3.95. The van der Waals surface area contributed by atoms with Gasteiger partial charge in [0.1, 0.15) is 5.60 Å². The molecule has 1 fully saturated rings. The number of carbonyl (C=O) groups excluding carboxylic acids is 1. The molecule has 3 nitrogen and oxygen atoms in total. The largest absolute Gasteiger partial charge is 0.459 e. The first kappa shape index (κ1) is 19.0. The topological polar surface area (TPSA) is 38.3 Å². The van der Waals surface area contributed by atoms with E-state index >= 15 is 0 Å². The van der Waals surface area contributed by atoms with Crippen LogP contribution in [0.2, 0.25) is 0 Å². The molecular weight excluding hydrogens is 298 g/mol. The molecule has 0 amide bonds. The normalized spacial score (nSPS) is 21.8. The van der Waals surface area contributed by atoms with E-state index in [2.05, 4.69) is 35.6 Å². The van der Waals surface area contributed by atoms with Gasteiger partial charge in [0.05, 0.1) is 6.54 Å². The maximum atomic E-state index is 11.7. The Bertz CT molecular complexity index is 448. The second-order valence-electron chi connectivity index (χ2n) is 6.93. The summed E-state index contributed by atoms with van der Waals surface area (Å²) in [6.45, 7) is 6.01. The van der Waals surface area contributed by atoms with Crippen molar-refractivity contribution < 1.29 is 9.53 Å². The van der Waals surface area contributed by atoms with Gasteiger partial charge in [-0.3, -0.25) is 4.79 Å². The van der Waals surface area contributed by atoms with Crippen LogP contribution in [0.1, 0.15) is 57.9 Å². The van der Waals surface area contributed by atoms with Crippen LogP contribution in [0.15, 0.2) is 30.3 Å². The molecule has 1 aliphatic rings. The van der Waals surface area contributed by atoms with Gasteiger partial charge in [-0.2, -0.15) is 0 Å². The fourth-order valence-corrected chi connectivity index (χ4v) is 2.96. The van der Waals surface area contributed by atoms with Gasteiger partial charge in [0, 0.05) is 6.04 Å². The molecule has 0 spiro atoms. The summed E-state index contributed by atoms with van der Waals surface area (Å²) in [7, 11) is 0. The SMILES string of the molecule is CC(C)(C)OC(=O)CN[C@H]1CC[C@H](c2ccccc2)CC1.Cl. The van der Waals surface area contributed by atoms with Crippen LogP contribution >= 0.6 is 12.4 Å². The number of carbonyl (C=O) groups is 1. The van der Waals surface area contributed by atoms with Gasteiger partial charge in [-0.25, -0.2) is 0 Å². The van der Waals surface area contributed by atoms with Gasteiger partial charge in [-0.15, -0.1) is 12.4 Å². The number of hydrogen-bond acceptors (Lipinski definition) is 3. The van der Waals surface area contributed by atoms with Crippen LogP contribution in [0.25, 0.3) is 0 Å². The Balaban J connectivity index is 0.00000242. The summed E-state index contributed by atoms with van der Waals surface area (Å²) in [6.07, 6.45) is 4.64. The lowest BCUT2D eigenvalue weighted by Gasteiger charge is -2.29. The zero-order valence-corrected chi connectivity index (χ0v) is 14.6. The van der Waals surface area contributed by atoms with Crippen molar-refractivity contribution in [2.24, 2.45) is 0 Å². The summed E-state index contributed by atoms with van der Waals surface area (Å²) in [6, 6.07) is 11.2. The van der Waals surface area contributed by atoms with Crippen LogP contribution in [0.4, 0.5) is 0 Å². The minimum atomic E-state index is -0.399. The molecule has 2 rings (SSSR count). The molecule has 22 heavy (non-hydrogen) atoms. The highest BCUT2D eigenvalue weighted by Gasteiger charge is 2.23. The zero-order chi connectivity index (χ0) is 15.3. The molecule has 1 aliphatic carbocycles. The van der Waals surface area contributed by atoms with Gasteiger partial charge >= 0.3 is 5.97 Å². The molecule has 0 heterocycles. The molecule has 0 saturated heterocycles. The molecule has 1 aromatic carbocycles. The van der Waals surface area contributed by atoms with Crippen molar-refractivity contribution in [3.63, 3.8) is 0 Å². The quantitative estimate of drug-likeness (QED) is 0.848. The van der Waals surface area contributed by atoms with E-state index in [1.807, 2.05) is 20.8 Å². The van der Waals surface area contributed by atoms with Crippen molar-refractivity contribution in [1.29, 1.82) is 0 Å². The van der Waals surface area contributed by atoms with Gasteiger partial charge < -0.3 is 10.1 Å². The van der Waals surface area contributed by atoms with E-state index in [1.54, 1.807) is 0 Å². The predicted molar refractivity (Wildman–Crippen MR) is 92.5 cm³/mol.